The Morgan fingerprint density at radius 1 is 1.34 bits per heavy atom. The first kappa shape index (κ1) is 21.7. The van der Waals surface area contributed by atoms with Gasteiger partial charge in [0.15, 0.2) is 11.1 Å². The monoisotopic (exact) mass is 422 g/mol. The molecule has 0 saturated carbocycles. The van der Waals surface area contributed by atoms with Crippen LogP contribution in [0, 0.1) is 0 Å². The van der Waals surface area contributed by atoms with Gasteiger partial charge in [-0.05, 0) is 40.0 Å². The average Bonchev–Trinajstić information content (AvgIpc) is 3.38. The number of carbonyl (C=O) groups is 1. The fourth-order valence-corrected chi connectivity index (χ4v) is 4.56. The van der Waals surface area contributed by atoms with Crippen LogP contribution in [0.15, 0.2) is 10.4 Å². The number of ether oxygens (including phenoxy) is 1. The van der Waals surface area contributed by atoms with E-state index in [1.54, 1.807) is 18.4 Å². The summed E-state index contributed by atoms with van der Waals surface area (Å²) in [5, 5.41) is 9.70. The number of alkyl carbamates (subject to hydrolysis) is 1. The van der Waals surface area contributed by atoms with E-state index in [-0.39, 0.29) is 12.1 Å². The highest BCUT2D eigenvalue weighted by Gasteiger charge is 2.27. The first-order valence-electron chi connectivity index (χ1n) is 10.5. The summed E-state index contributed by atoms with van der Waals surface area (Å²) < 4.78 is 5.35. The third-order valence-electron chi connectivity index (χ3n) is 5.00. The number of rotatable bonds is 5. The van der Waals surface area contributed by atoms with Gasteiger partial charge in [-0.1, -0.05) is 0 Å². The summed E-state index contributed by atoms with van der Waals surface area (Å²) in [6.45, 7) is 10.2. The Balaban J connectivity index is 1.41. The summed E-state index contributed by atoms with van der Waals surface area (Å²) in [6, 6.07) is 0.0740. The largest absolute Gasteiger partial charge is 0.444 e. The molecule has 0 aromatic carbocycles. The SMILES string of the molecule is CN=C(NCCc1csc(N2CCCC2)n1)N1CCC(NC(=O)OC(C)(C)C)C1. The predicted molar refractivity (Wildman–Crippen MR) is 118 cm³/mol. The number of amides is 1. The van der Waals surface area contributed by atoms with Gasteiger partial charge in [-0.2, -0.15) is 0 Å². The number of hydrogen-bond acceptors (Lipinski definition) is 6. The van der Waals surface area contributed by atoms with E-state index in [0.29, 0.717) is 0 Å². The summed E-state index contributed by atoms with van der Waals surface area (Å²) in [6.07, 6.45) is 3.94. The predicted octanol–water partition coefficient (Wildman–Crippen LogP) is 2.46. The van der Waals surface area contributed by atoms with Gasteiger partial charge in [-0.15, -0.1) is 11.3 Å². The molecule has 0 spiro atoms. The van der Waals surface area contributed by atoms with Crippen molar-refractivity contribution in [3.05, 3.63) is 11.1 Å². The molecule has 0 radical (unpaired) electrons. The van der Waals surface area contributed by atoms with E-state index in [1.165, 1.54) is 12.8 Å². The van der Waals surface area contributed by atoms with Crippen LogP contribution >= 0.6 is 11.3 Å². The van der Waals surface area contributed by atoms with E-state index >= 15 is 0 Å². The summed E-state index contributed by atoms with van der Waals surface area (Å²) in [5.41, 5.74) is 0.648. The van der Waals surface area contributed by atoms with Crippen molar-refractivity contribution in [1.29, 1.82) is 0 Å². The maximum Gasteiger partial charge on any atom is 0.407 e. The number of aliphatic imine (C=N–C) groups is 1. The van der Waals surface area contributed by atoms with Crippen molar-refractivity contribution < 1.29 is 9.53 Å². The Kier molecular flexibility index (Phi) is 7.21. The summed E-state index contributed by atoms with van der Waals surface area (Å²) in [7, 11) is 1.80. The highest BCUT2D eigenvalue weighted by molar-refractivity contribution is 7.13. The van der Waals surface area contributed by atoms with Crippen LogP contribution in [-0.2, 0) is 11.2 Å². The molecule has 3 rings (SSSR count). The van der Waals surface area contributed by atoms with Crippen LogP contribution in [0.4, 0.5) is 9.93 Å². The number of hydrogen-bond donors (Lipinski definition) is 2. The first-order chi connectivity index (χ1) is 13.8. The number of aromatic nitrogens is 1. The molecule has 29 heavy (non-hydrogen) atoms. The molecular weight excluding hydrogens is 388 g/mol. The summed E-state index contributed by atoms with van der Waals surface area (Å²) >= 11 is 1.74. The minimum absolute atomic E-state index is 0.0740. The van der Waals surface area contributed by atoms with Crippen LogP contribution in [0.3, 0.4) is 0 Å². The van der Waals surface area contributed by atoms with Crippen molar-refractivity contribution in [3.63, 3.8) is 0 Å². The quantitative estimate of drug-likeness (QED) is 0.560. The van der Waals surface area contributed by atoms with Crippen LogP contribution in [0.25, 0.3) is 0 Å². The average molecular weight is 423 g/mol. The Bertz CT molecular complexity index is 708. The first-order valence-corrected chi connectivity index (χ1v) is 11.4. The molecule has 2 fully saturated rings. The lowest BCUT2D eigenvalue weighted by molar-refractivity contribution is 0.0507. The van der Waals surface area contributed by atoms with Gasteiger partial charge in [0.05, 0.1) is 11.7 Å². The van der Waals surface area contributed by atoms with Gasteiger partial charge < -0.3 is 25.2 Å². The number of anilines is 1. The lowest BCUT2D eigenvalue weighted by Gasteiger charge is -2.23. The highest BCUT2D eigenvalue weighted by Crippen LogP contribution is 2.24. The van der Waals surface area contributed by atoms with Crippen LogP contribution in [0.1, 0.15) is 45.7 Å². The Labute approximate surface area is 177 Å². The summed E-state index contributed by atoms with van der Waals surface area (Å²) in [4.78, 5) is 25.7. The number of nitrogens with one attached hydrogen (secondary N) is 2. The van der Waals surface area contributed by atoms with Crippen molar-refractivity contribution in [3.8, 4) is 0 Å². The molecule has 1 amide bonds. The third-order valence-corrected chi connectivity index (χ3v) is 5.95. The zero-order valence-corrected chi connectivity index (χ0v) is 18.8. The van der Waals surface area contributed by atoms with E-state index in [0.717, 1.165) is 62.4 Å². The topological polar surface area (TPSA) is 82.1 Å². The van der Waals surface area contributed by atoms with Crippen molar-refractivity contribution >= 4 is 28.5 Å². The lowest BCUT2D eigenvalue weighted by atomic mass is 10.2. The fraction of sp³-hybridized carbons (Fsp3) is 0.750. The number of thiazole rings is 1. The third kappa shape index (κ3) is 6.48. The normalized spacial score (nSPS) is 20.3. The second kappa shape index (κ2) is 9.65. The second-order valence-electron chi connectivity index (χ2n) is 8.62. The van der Waals surface area contributed by atoms with Crippen molar-refractivity contribution in [2.75, 3.05) is 44.7 Å². The van der Waals surface area contributed by atoms with Crippen LogP contribution in [-0.4, -0.2) is 73.4 Å². The van der Waals surface area contributed by atoms with Crippen LogP contribution in [0.2, 0.25) is 0 Å². The molecule has 1 atom stereocenters. The smallest absolute Gasteiger partial charge is 0.407 e. The number of carbonyl (C=O) groups excluding carboxylic acids is 1. The molecule has 0 bridgehead atoms. The molecule has 9 heteroatoms. The van der Waals surface area contributed by atoms with Gasteiger partial charge in [0.25, 0.3) is 0 Å². The van der Waals surface area contributed by atoms with E-state index in [9.17, 15) is 4.79 Å². The fourth-order valence-electron chi connectivity index (χ4n) is 3.64. The minimum Gasteiger partial charge on any atom is -0.444 e. The van der Waals surface area contributed by atoms with Crippen molar-refractivity contribution in [2.24, 2.45) is 4.99 Å². The van der Waals surface area contributed by atoms with Crippen molar-refractivity contribution in [2.45, 2.75) is 58.1 Å². The second-order valence-corrected chi connectivity index (χ2v) is 9.45. The van der Waals surface area contributed by atoms with E-state index in [1.807, 2.05) is 20.8 Å². The van der Waals surface area contributed by atoms with Crippen LogP contribution < -0.4 is 15.5 Å². The zero-order chi connectivity index (χ0) is 20.9. The van der Waals surface area contributed by atoms with Gasteiger partial charge in [-0.25, -0.2) is 9.78 Å². The molecule has 162 valence electrons. The molecule has 0 aliphatic carbocycles. The van der Waals surface area contributed by atoms with E-state index < -0.39 is 5.60 Å². The molecule has 3 heterocycles. The molecule has 1 unspecified atom stereocenters. The molecule has 2 N–H and O–H groups in total. The Morgan fingerprint density at radius 2 is 2.10 bits per heavy atom. The number of likely N-dealkylation sites (tertiary alicyclic amines) is 1. The minimum atomic E-state index is -0.482. The van der Waals surface area contributed by atoms with E-state index in [4.69, 9.17) is 9.72 Å². The lowest BCUT2D eigenvalue weighted by Crippen LogP contribution is -2.44. The Hall–Kier alpha value is -2.03. The highest BCUT2D eigenvalue weighted by atomic mass is 32.1. The molecule has 2 aliphatic rings. The van der Waals surface area contributed by atoms with E-state index in [2.05, 4.69) is 30.8 Å². The summed E-state index contributed by atoms with van der Waals surface area (Å²) in [5.74, 6) is 0.869. The number of nitrogens with zero attached hydrogens (tertiary/aromatic N) is 4. The van der Waals surface area contributed by atoms with Crippen molar-refractivity contribution in [1.82, 2.24) is 20.5 Å². The van der Waals surface area contributed by atoms with Gasteiger partial charge in [0, 0.05) is 51.6 Å². The molecule has 8 nitrogen and oxygen atoms in total. The van der Waals surface area contributed by atoms with Gasteiger partial charge in [0.1, 0.15) is 5.60 Å². The number of guanidine groups is 1. The van der Waals surface area contributed by atoms with Gasteiger partial charge >= 0.3 is 6.09 Å². The molecule has 1 aromatic heterocycles. The Morgan fingerprint density at radius 3 is 2.79 bits per heavy atom. The molecule has 1 aromatic rings. The van der Waals surface area contributed by atoms with Gasteiger partial charge in [-0.3, -0.25) is 4.99 Å². The maximum atomic E-state index is 12.0. The van der Waals surface area contributed by atoms with Gasteiger partial charge in [0.2, 0.25) is 0 Å². The maximum absolute atomic E-state index is 12.0. The standard InChI is InChI=1S/C20H34N6O2S/c1-20(2,3)28-19(27)24-15-8-12-26(13-15)17(21-4)22-9-7-16-14-29-18(23-16)25-10-5-6-11-25/h14-15H,5-13H2,1-4H3,(H,21,22)(H,24,27). The molecule has 2 aliphatic heterocycles. The zero-order valence-electron chi connectivity index (χ0n) is 18.0. The molecule has 2 saturated heterocycles. The molecular formula is C20H34N6O2S. The van der Waals surface area contributed by atoms with Crippen LogP contribution in [0.5, 0.6) is 0 Å².